The summed E-state index contributed by atoms with van der Waals surface area (Å²) < 4.78 is 11.1. The molecule has 0 N–H and O–H groups in total. The van der Waals surface area contributed by atoms with Gasteiger partial charge in [0.1, 0.15) is 12.2 Å². The van der Waals surface area contributed by atoms with Gasteiger partial charge in [-0.1, -0.05) is 88.9 Å². The monoisotopic (exact) mass is 466 g/mol. The molecule has 0 saturated heterocycles. The van der Waals surface area contributed by atoms with Crippen LogP contribution < -0.4 is 0 Å². The molecule has 186 valence electrons. The van der Waals surface area contributed by atoms with Gasteiger partial charge in [-0.3, -0.25) is 0 Å². The topological polar surface area (TPSA) is 52.6 Å². The largest absolute Gasteiger partial charge is 0.459 e. The van der Waals surface area contributed by atoms with Gasteiger partial charge in [0, 0.05) is 6.42 Å². The lowest BCUT2D eigenvalue weighted by Crippen LogP contribution is -2.25. The average molecular weight is 467 g/mol. The predicted molar refractivity (Wildman–Crippen MR) is 140 cm³/mol. The van der Waals surface area contributed by atoms with Gasteiger partial charge in [-0.2, -0.15) is 0 Å². The molecule has 4 nitrogen and oxygen atoms in total. The van der Waals surface area contributed by atoms with Gasteiger partial charge in [0.05, 0.1) is 11.1 Å². The number of rotatable bonds is 13. The maximum atomic E-state index is 12.2. The smallest absolute Gasteiger partial charge is 0.338 e. The second-order valence-electron chi connectivity index (χ2n) is 8.59. The molecule has 34 heavy (non-hydrogen) atoms. The molecule has 3 atom stereocenters. The van der Waals surface area contributed by atoms with Crippen LogP contribution in [0.4, 0.5) is 0 Å². The van der Waals surface area contributed by atoms with Crippen molar-refractivity contribution in [3.8, 4) is 0 Å². The third kappa shape index (κ3) is 11.8. The van der Waals surface area contributed by atoms with E-state index < -0.39 is 0 Å². The van der Waals surface area contributed by atoms with Crippen LogP contribution in [0.3, 0.4) is 0 Å². The van der Waals surface area contributed by atoms with Crippen molar-refractivity contribution in [2.75, 3.05) is 0 Å². The van der Waals surface area contributed by atoms with Crippen molar-refractivity contribution in [1.82, 2.24) is 0 Å². The summed E-state index contributed by atoms with van der Waals surface area (Å²) >= 11 is 0. The van der Waals surface area contributed by atoms with Crippen molar-refractivity contribution in [3.63, 3.8) is 0 Å². The minimum Gasteiger partial charge on any atom is -0.459 e. The molecule has 0 radical (unpaired) electrons. The van der Waals surface area contributed by atoms with Gasteiger partial charge in [0.15, 0.2) is 0 Å². The fraction of sp³-hybridized carbons (Fsp3) is 0.467. The van der Waals surface area contributed by atoms with E-state index in [-0.39, 0.29) is 24.1 Å². The minimum atomic E-state index is -0.363. The first-order chi connectivity index (χ1) is 16.4. The molecule has 0 saturated carbocycles. The number of esters is 2. The van der Waals surface area contributed by atoms with Gasteiger partial charge < -0.3 is 9.47 Å². The van der Waals surface area contributed by atoms with E-state index in [0.717, 1.165) is 18.8 Å². The number of hydrogen-bond donors (Lipinski definition) is 0. The van der Waals surface area contributed by atoms with Gasteiger partial charge in [0.25, 0.3) is 0 Å². The Balaban J connectivity index is 0.000000546. The van der Waals surface area contributed by atoms with Crippen LogP contribution in [0.25, 0.3) is 0 Å². The first-order valence-corrected chi connectivity index (χ1v) is 12.6. The Morgan fingerprint density at radius 3 is 1.76 bits per heavy atom. The minimum absolute atomic E-state index is 0.281. The van der Waals surface area contributed by atoms with Gasteiger partial charge in [0.2, 0.25) is 0 Å². The molecule has 0 fully saturated rings. The summed E-state index contributed by atoms with van der Waals surface area (Å²) in [5.41, 5.74) is 1.04. The molecule has 2 rings (SSSR count). The normalized spacial score (nSPS) is 12.9. The Morgan fingerprint density at radius 2 is 1.32 bits per heavy atom. The zero-order valence-corrected chi connectivity index (χ0v) is 21.4. The molecule has 0 aliphatic heterocycles. The molecule has 2 aromatic carbocycles. The van der Waals surface area contributed by atoms with Crippen LogP contribution in [0.2, 0.25) is 0 Å². The summed E-state index contributed by atoms with van der Waals surface area (Å²) in [5, 5.41) is 0. The van der Waals surface area contributed by atoms with Crippen molar-refractivity contribution < 1.29 is 19.1 Å². The fourth-order valence-corrected chi connectivity index (χ4v) is 3.72. The molecule has 0 amide bonds. The van der Waals surface area contributed by atoms with Crippen molar-refractivity contribution in [2.24, 2.45) is 5.92 Å². The molecular formula is C30H42O4. The Hall–Kier alpha value is -2.88. The summed E-state index contributed by atoms with van der Waals surface area (Å²) in [7, 11) is 0. The van der Waals surface area contributed by atoms with Crippen LogP contribution in [0.1, 0.15) is 93.4 Å². The first-order valence-electron chi connectivity index (χ1n) is 12.6. The van der Waals surface area contributed by atoms with Gasteiger partial charge in [-0.15, -0.1) is 6.58 Å². The highest BCUT2D eigenvalue weighted by molar-refractivity contribution is 5.90. The average Bonchev–Trinajstić information content (AvgIpc) is 2.85. The molecule has 3 unspecified atom stereocenters. The van der Waals surface area contributed by atoms with Crippen LogP contribution in [-0.4, -0.2) is 24.1 Å². The Labute approximate surface area is 206 Å². The third-order valence-electron chi connectivity index (χ3n) is 5.58. The quantitative estimate of drug-likeness (QED) is 0.221. The molecule has 0 aliphatic rings. The van der Waals surface area contributed by atoms with Gasteiger partial charge in [-0.25, -0.2) is 9.59 Å². The summed E-state index contributed by atoms with van der Waals surface area (Å²) in [6.45, 7) is 12.1. The number of hydrogen-bond acceptors (Lipinski definition) is 4. The van der Waals surface area contributed by atoms with Crippen LogP contribution in [0, 0.1) is 5.92 Å². The number of allylic oxidation sites excluding steroid dienone is 1. The van der Waals surface area contributed by atoms with E-state index in [0.29, 0.717) is 17.5 Å². The Kier molecular flexibility index (Phi) is 15.1. The maximum Gasteiger partial charge on any atom is 0.338 e. The molecule has 0 spiro atoms. The molecule has 0 heterocycles. The molecule has 4 heteroatoms. The highest BCUT2D eigenvalue weighted by Crippen LogP contribution is 2.16. The first kappa shape index (κ1) is 29.2. The van der Waals surface area contributed by atoms with E-state index >= 15 is 0 Å². The Morgan fingerprint density at radius 1 is 0.824 bits per heavy atom. The van der Waals surface area contributed by atoms with Crippen LogP contribution >= 0.6 is 0 Å². The maximum absolute atomic E-state index is 12.2. The lowest BCUT2D eigenvalue weighted by molar-refractivity contribution is 0.00162. The summed E-state index contributed by atoms with van der Waals surface area (Å²) in [5.74, 6) is 0.186. The van der Waals surface area contributed by atoms with Crippen molar-refractivity contribution in [2.45, 2.75) is 84.8 Å². The molecular weight excluding hydrogens is 424 g/mol. The van der Waals surface area contributed by atoms with E-state index in [1.807, 2.05) is 32.1 Å². The number of benzene rings is 2. The Bertz CT molecular complexity index is 816. The highest BCUT2D eigenvalue weighted by atomic mass is 16.6. The lowest BCUT2D eigenvalue weighted by atomic mass is 9.97. The molecule has 0 bridgehead atoms. The number of ether oxygens (including phenoxy) is 2. The van der Waals surface area contributed by atoms with Crippen LogP contribution in [0.15, 0.2) is 73.3 Å². The van der Waals surface area contributed by atoms with Crippen LogP contribution in [-0.2, 0) is 9.47 Å². The summed E-state index contributed by atoms with van der Waals surface area (Å²) in [4.78, 5) is 24.3. The summed E-state index contributed by atoms with van der Waals surface area (Å²) in [6.07, 6.45) is 8.68. The van der Waals surface area contributed by atoms with Crippen molar-refractivity contribution in [1.29, 1.82) is 0 Å². The van der Waals surface area contributed by atoms with E-state index in [2.05, 4.69) is 20.4 Å². The lowest BCUT2D eigenvalue weighted by Gasteiger charge is -2.21. The molecule has 0 aliphatic carbocycles. The molecule has 2 aromatic rings. The van der Waals surface area contributed by atoms with Gasteiger partial charge in [-0.05, 0) is 49.9 Å². The van der Waals surface area contributed by atoms with Crippen molar-refractivity contribution >= 4 is 11.9 Å². The molecule has 0 aromatic heterocycles. The second-order valence-corrected chi connectivity index (χ2v) is 8.59. The zero-order chi connectivity index (χ0) is 25.2. The van der Waals surface area contributed by atoms with Crippen molar-refractivity contribution in [3.05, 3.63) is 84.4 Å². The summed E-state index contributed by atoms with van der Waals surface area (Å²) in [6, 6.07) is 17.8. The number of carbonyl (C=O) groups excluding carboxylic acids is 2. The van der Waals surface area contributed by atoms with E-state index in [9.17, 15) is 9.59 Å². The standard InChI is InChI=1S/C21H24O4.C9H18/c1-3-10-19(25-21(23)18-13-8-5-9-14-18)15-16(2)24-20(22)17-11-6-4-7-12-17;1-4-7-9(6-3)8-5-2/h4-9,11-14,16,19H,3,10,15H2,1-2H3;4,9H,1,5-8H2,2-3H3. The zero-order valence-electron chi connectivity index (χ0n) is 21.4. The number of carbonyl (C=O) groups is 2. The van der Waals surface area contributed by atoms with E-state index in [1.165, 1.54) is 25.7 Å². The second kappa shape index (κ2) is 17.6. The van der Waals surface area contributed by atoms with E-state index in [4.69, 9.17) is 9.47 Å². The SMILES string of the molecule is C=CCC(CC)CCC.CCCC(CC(C)OC(=O)c1ccccc1)OC(=O)c1ccccc1. The third-order valence-corrected chi connectivity index (χ3v) is 5.58. The predicted octanol–water partition coefficient (Wildman–Crippen LogP) is 8.04. The van der Waals surface area contributed by atoms with E-state index in [1.54, 1.807) is 48.5 Å². The van der Waals surface area contributed by atoms with Gasteiger partial charge >= 0.3 is 11.9 Å². The van der Waals surface area contributed by atoms with Crippen LogP contribution in [0.5, 0.6) is 0 Å². The highest BCUT2D eigenvalue weighted by Gasteiger charge is 2.21. The fourth-order valence-electron chi connectivity index (χ4n) is 3.72.